The highest BCUT2D eigenvalue weighted by Crippen LogP contribution is 2.26. The van der Waals surface area contributed by atoms with Crippen molar-refractivity contribution < 1.29 is 9.53 Å². The summed E-state index contributed by atoms with van der Waals surface area (Å²) in [5.41, 5.74) is 2.76. The molecule has 0 saturated carbocycles. The van der Waals surface area contributed by atoms with Gasteiger partial charge in [-0.2, -0.15) is 0 Å². The molecular weight excluding hydrogens is 443 g/mol. The number of hydrogen-bond acceptors (Lipinski definition) is 5. The van der Waals surface area contributed by atoms with Crippen molar-refractivity contribution >= 4 is 46.6 Å². The lowest BCUT2D eigenvalue weighted by molar-refractivity contribution is -0.113. The molecule has 0 aliphatic carbocycles. The molecule has 0 aliphatic heterocycles. The van der Waals surface area contributed by atoms with Crippen molar-refractivity contribution in [1.29, 1.82) is 0 Å². The van der Waals surface area contributed by atoms with Crippen LogP contribution in [0.3, 0.4) is 0 Å². The van der Waals surface area contributed by atoms with E-state index in [1.54, 1.807) is 18.2 Å². The summed E-state index contributed by atoms with van der Waals surface area (Å²) in [7, 11) is 0. The number of benzene rings is 2. The van der Waals surface area contributed by atoms with Crippen LogP contribution in [-0.4, -0.2) is 26.4 Å². The number of nitrogens with one attached hydrogen (secondary N) is 1. The maximum Gasteiger partial charge on any atom is 0.234 e. The fourth-order valence-corrected chi connectivity index (χ4v) is 3.94. The standard InChI is InChI=1S/C21H22Cl2N4O2S/c1-4-27-19(11-29-18-7-5-6-13(2)14(18)3)25-26-21(27)30-12-20(28)24-17-10-15(22)8-9-16(17)23/h5-10H,4,11-12H2,1-3H3,(H,24,28). The van der Waals surface area contributed by atoms with E-state index in [-0.39, 0.29) is 11.7 Å². The van der Waals surface area contributed by atoms with Crippen LogP contribution in [0.5, 0.6) is 5.75 Å². The molecule has 0 spiro atoms. The SMILES string of the molecule is CCn1c(COc2cccc(C)c2C)nnc1SCC(=O)Nc1cc(Cl)ccc1Cl. The summed E-state index contributed by atoms with van der Waals surface area (Å²) in [4.78, 5) is 12.3. The van der Waals surface area contributed by atoms with Gasteiger partial charge in [0.2, 0.25) is 5.91 Å². The number of nitrogens with zero attached hydrogens (tertiary/aromatic N) is 3. The van der Waals surface area contributed by atoms with Gasteiger partial charge in [0.25, 0.3) is 0 Å². The Kier molecular flexibility index (Phi) is 7.64. The number of hydrogen-bond donors (Lipinski definition) is 1. The molecule has 1 heterocycles. The summed E-state index contributed by atoms with van der Waals surface area (Å²) in [5, 5.41) is 12.8. The molecule has 9 heteroatoms. The first-order valence-corrected chi connectivity index (χ1v) is 11.1. The minimum Gasteiger partial charge on any atom is -0.485 e. The Hall–Kier alpha value is -2.22. The highest BCUT2D eigenvalue weighted by molar-refractivity contribution is 7.99. The van der Waals surface area contributed by atoms with E-state index < -0.39 is 0 Å². The average Bonchev–Trinajstić information content (AvgIpc) is 3.12. The first-order valence-electron chi connectivity index (χ1n) is 9.37. The van der Waals surface area contributed by atoms with Gasteiger partial charge in [-0.15, -0.1) is 10.2 Å². The third kappa shape index (κ3) is 5.47. The van der Waals surface area contributed by atoms with Crippen LogP contribution in [-0.2, 0) is 17.9 Å². The Morgan fingerprint density at radius 1 is 1.20 bits per heavy atom. The lowest BCUT2D eigenvalue weighted by Gasteiger charge is -2.12. The number of thioether (sulfide) groups is 1. The predicted octanol–water partition coefficient (Wildman–Crippen LogP) is 5.53. The van der Waals surface area contributed by atoms with E-state index in [1.807, 2.05) is 43.5 Å². The monoisotopic (exact) mass is 464 g/mol. The average molecular weight is 465 g/mol. The molecule has 2 aromatic carbocycles. The summed E-state index contributed by atoms with van der Waals surface area (Å²) < 4.78 is 7.89. The molecule has 1 N–H and O–H groups in total. The van der Waals surface area contributed by atoms with Crippen LogP contribution in [0.1, 0.15) is 23.9 Å². The van der Waals surface area contributed by atoms with Gasteiger partial charge < -0.3 is 14.6 Å². The van der Waals surface area contributed by atoms with Gasteiger partial charge in [-0.05, 0) is 56.2 Å². The van der Waals surface area contributed by atoms with Crippen molar-refractivity contribution in [3.05, 3.63) is 63.4 Å². The third-order valence-electron chi connectivity index (χ3n) is 4.56. The smallest absolute Gasteiger partial charge is 0.234 e. The molecular formula is C21H22Cl2N4O2S. The number of carbonyl (C=O) groups excluding carboxylic acids is 1. The van der Waals surface area contributed by atoms with E-state index in [1.165, 1.54) is 17.3 Å². The Balaban J connectivity index is 1.62. The molecule has 30 heavy (non-hydrogen) atoms. The zero-order valence-electron chi connectivity index (χ0n) is 16.9. The van der Waals surface area contributed by atoms with E-state index in [9.17, 15) is 4.79 Å². The summed E-state index contributed by atoms with van der Waals surface area (Å²) in [5.74, 6) is 1.49. The minimum atomic E-state index is -0.206. The molecule has 0 radical (unpaired) electrons. The maximum atomic E-state index is 12.3. The zero-order chi connectivity index (χ0) is 21.7. The van der Waals surface area contributed by atoms with Crippen LogP contribution >= 0.6 is 35.0 Å². The second-order valence-electron chi connectivity index (χ2n) is 6.59. The Morgan fingerprint density at radius 3 is 2.77 bits per heavy atom. The number of halogens is 2. The molecule has 0 atom stereocenters. The van der Waals surface area contributed by atoms with Crippen LogP contribution in [0.15, 0.2) is 41.6 Å². The number of rotatable bonds is 8. The second-order valence-corrected chi connectivity index (χ2v) is 8.38. The van der Waals surface area contributed by atoms with E-state index in [2.05, 4.69) is 15.5 Å². The van der Waals surface area contributed by atoms with Crippen molar-refractivity contribution in [2.45, 2.75) is 39.1 Å². The Bertz CT molecular complexity index is 1060. The Morgan fingerprint density at radius 2 is 2.00 bits per heavy atom. The van der Waals surface area contributed by atoms with Gasteiger partial charge in [0.05, 0.1) is 16.5 Å². The molecule has 0 aliphatic rings. The fraction of sp³-hybridized carbons (Fsp3) is 0.286. The first kappa shape index (κ1) is 22.5. The van der Waals surface area contributed by atoms with E-state index in [0.717, 1.165) is 11.3 Å². The summed E-state index contributed by atoms with van der Waals surface area (Å²) in [6, 6.07) is 10.9. The largest absolute Gasteiger partial charge is 0.485 e. The molecule has 0 bridgehead atoms. The zero-order valence-corrected chi connectivity index (χ0v) is 19.2. The molecule has 1 amide bonds. The number of carbonyl (C=O) groups is 1. The summed E-state index contributed by atoms with van der Waals surface area (Å²) in [6.45, 7) is 7.05. The molecule has 3 aromatic rings. The van der Waals surface area contributed by atoms with Crippen molar-refractivity contribution in [3.63, 3.8) is 0 Å². The predicted molar refractivity (Wildman–Crippen MR) is 122 cm³/mol. The topological polar surface area (TPSA) is 69.0 Å². The third-order valence-corrected chi connectivity index (χ3v) is 6.09. The molecule has 3 rings (SSSR count). The summed E-state index contributed by atoms with van der Waals surface area (Å²) in [6.07, 6.45) is 0. The van der Waals surface area contributed by atoms with Gasteiger partial charge in [0, 0.05) is 11.6 Å². The lowest BCUT2D eigenvalue weighted by atomic mass is 10.1. The molecule has 6 nitrogen and oxygen atoms in total. The van der Waals surface area contributed by atoms with Gasteiger partial charge in [-0.3, -0.25) is 4.79 Å². The number of anilines is 1. The molecule has 0 unspecified atom stereocenters. The molecule has 0 fully saturated rings. The first-order chi connectivity index (χ1) is 14.4. The molecule has 0 saturated heterocycles. The molecule has 1 aromatic heterocycles. The number of aromatic nitrogens is 3. The number of aryl methyl sites for hydroxylation is 1. The van der Waals surface area contributed by atoms with Crippen molar-refractivity contribution in [1.82, 2.24) is 14.8 Å². The van der Waals surface area contributed by atoms with Crippen molar-refractivity contribution in [2.75, 3.05) is 11.1 Å². The maximum absolute atomic E-state index is 12.3. The van der Waals surface area contributed by atoms with Crippen LogP contribution in [0, 0.1) is 13.8 Å². The lowest BCUT2D eigenvalue weighted by Crippen LogP contribution is -2.15. The number of amides is 1. The van der Waals surface area contributed by atoms with Gasteiger partial charge in [-0.1, -0.05) is 47.1 Å². The quantitative estimate of drug-likeness (QED) is 0.443. The Labute approximate surface area is 189 Å². The highest BCUT2D eigenvalue weighted by atomic mass is 35.5. The van der Waals surface area contributed by atoms with E-state index in [4.69, 9.17) is 27.9 Å². The van der Waals surface area contributed by atoms with Gasteiger partial charge >= 0.3 is 0 Å². The van der Waals surface area contributed by atoms with Crippen molar-refractivity contribution in [2.24, 2.45) is 0 Å². The van der Waals surface area contributed by atoms with Crippen LogP contribution in [0.4, 0.5) is 5.69 Å². The van der Waals surface area contributed by atoms with E-state index >= 15 is 0 Å². The number of ether oxygens (including phenoxy) is 1. The fourth-order valence-electron chi connectivity index (χ4n) is 2.78. The van der Waals surface area contributed by atoms with E-state index in [0.29, 0.717) is 39.9 Å². The van der Waals surface area contributed by atoms with Gasteiger partial charge in [-0.25, -0.2) is 0 Å². The molecule has 158 valence electrons. The summed E-state index contributed by atoms with van der Waals surface area (Å²) >= 11 is 13.4. The normalized spacial score (nSPS) is 10.8. The van der Waals surface area contributed by atoms with Crippen LogP contribution < -0.4 is 10.1 Å². The van der Waals surface area contributed by atoms with Gasteiger partial charge in [0.1, 0.15) is 12.4 Å². The minimum absolute atomic E-state index is 0.165. The van der Waals surface area contributed by atoms with Crippen LogP contribution in [0.25, 0.3) is 0 Å². The highest BCUT2D eigenvalue weighted by Gasteiger charge is 2.15. The van der Waals surface area contributed by atoms with Crippen molar-refractivity contribution in [3.8, 4) is 5.75 Å². The van der Waals surface area contributed by atoms with Crippen LogP contribution in [0.2, 0.25) is 10.0 Å². The second kappa shape index (κ2) is 10.2. The van der Waals surface area contributed by atoms with Gasteiger partial charge in [0.15, 0.2) is 11.0 Å².